The third-order valence-electron chi connectivity index (χ3n) is 8.53. The van der Waals surface area contributed by atoms with Crippen molar-refractivity contribution in [1.82, 2.24) is 0 Å². The number of ketones is 3. The van der Waals surface area contributed by atoms with Gasteiger partial charge in [-0.15, -0.1) is 0 Å². The lowest BCUT2D eigenvalue weighted by atomic mass is 9.45. The van der Waals surface area contributed by atoms with Gasteiger partial charge < -0.3 is 15.3 Å². The lowest BCUT2D eigenvalue weighted by Gasteiger charge is -2.58. The molecule has 0 radical (unpaired) electrons. The second-order valence-corrected chi connectivity index (χ2v) is 9.47. The van der Waals surface area contributed by atoms with E-state index in [0.29, 0.717) is 19.3 Å². The summed E-state index contributed by atoms with van der Waals surface area (Å²) in [7, 11) is 0. The summed E-state index contributed by atoms with van der Waals surface area (Å²) in [5, 5.41) is 31.3. The molecule has 6 heteroatoms. The zero-order valence-electron chi connectivity index (χ0n) is 15.9. The number of rotatable bonds is 2. The van der Waals surface area contributed by atoms with E-state index in [0.717, 1.165) is 5.57 Å². The molecule has 0 aromatic heterocycles. The Balaban J connectivity index is 1.77. The number of aliphatic hydroxyl groups is 3. The molecule has 4 aliphatic carbocycles. The van der Waals surface area contributed by atoms with Gasteiger partial charge in [-0.3, -0.25) is 14.4 Å². The molecule has 0 heterocycles. The van der Waals surface area contributed by atoms with Crippen LogP contribution in [-0.4, -0.2) is 51.0 Å². The van der Waals surface area contributed by atoms with Crippen molar-refractivity contribution in [2.75, 3.05) is 6.61 Å². The summed E-state index contributed by atoms with van der Waals surface area (Å²) in [6.45, 7) is 2.97. The Kier molecular flexibility index (Phi) is 4.09. The van der Waals surface area contributed by atoms with E-state index in [1.165, 1.54) is 0 Å². The number of hydrogen-bond acceptors (Lipinski definition) is 6. The molecule has 0 amide bonds. The van der Waals surface area contributed by atoms with Crippen LogP contribution < -0.4 is 0 Å². The molecular formula is C21H28O6. The Morgan fingerprint density at radius 1 is 1.26 bits per heavy atom. The highest BCUT2D eigenvalue weighted by atomic mass is 16.3. The minimum absolute atomic E-state index is 0.0242. The first-order valence-corrected chi connectivity index (χ1v) is 9.91. The maximum atomic E-state index is 13.4. The Bertz CT molecular complexity index is 756. The van der Waals surface area contributed by atoms with Gasteiger partial charge in [-0.1, -0.05) is 19.4 Å². The van der Waals surface area contributed by atoms with Gasteiger partial charge in [-0.05, 0) is 43.6 Å². The average molecular weight is 376 g/mol. The first kappa shape index (κ1) is 19.0. The SMILES string of the molecule is C[C@]12CC(=O)[C@H]3[C@@H](CCC4=CC(=O)CC(O)[C@@]43C)[C@@H]1CC[C@]2(O)C(=O)CO. The first-order valence-electron chi connectivity index (χ1n) is 9.91. The summed E-state index contributed by atoms with van der Waals surface area (Å²) < 4.78 is 0. The second-order valence-electron chi connectivity index (χ2n) is 9.47. The van der Waals surface area contributed by atoms with Gasteiger partial charge in [0.1, 0.15) is 18.0 Å². The number of Topliss-reactive ketones (excluding diaryl/α,β-unsaturated/α-hetero) is 2. The monoisotopic (exact) mass is 376 g/mol. The molecule has 1 unspecified atom stereocenters. The highest BCUT2D eigenvalue weighted by molar-refractivity contribution is 5.95. The highest BCUT2D eigenvalue weighted by Gasteiger charge is 2.69. The molecule has 3 N–H and O–H groups in total. The minimum Gasteiger partial charge on any atom is -0.392 e. The van der Waals surface area contributed by atoms with Crippen LogP contribution in [0, 0.1) is 28.6 Å². The number of fused-ring (bicyclic) bond motifs is 5. The summed E-state index contributed by atoms with van der Waals surface area (Å²) >= 11 is 0. The summed E-state index contributed by atoms with van der Waals surface area (Å²) in [6.07, 6.45) is 3.06. The lowest BCUT2D eigenvalue weighted by molar-refractivity contribution is -0.174. The summed E-state index contributed by atoms with van der Waals surface area (Å²) in [5.41, 5.74) is -2.45. The van der Waals surface area contributed by atoms with Gasteiger partial charge in [-0.25, -0.2) is 0 Å². The molecule has 0 spiro atoms. The van der Waals surface area contributed by atoms with Crippen LogP contribution in [0.5, 0.6) is 0 Å². The molecule has 0 aromatic rings. The largest absolute Gasteiger partial charge is 0.392 e. The zero-order valence-corrected chi connectivity index (χ0v) is 15.9. The van der Waals surface area contributed by atoms with Gasteiger partial charge in [-0.2, -0.15) is 0 Å². The standard InChI is InChI=1S/C21H28O6/c1-19-9-15(24)18-13(14(19)5-6-21(19,27)17(26)10-22)4-3-11-7-12(23)8-16(25)20(11,18)2/h7,13-14,16,18,22,25,27H,3-6,8-10H2,1-2H3/t13-,14-,16?,18+,19-,20+,21-/m0/s1. The summed E-state index contributed by atoms with van der Waals surface area (Å²) in [5.74, 6) is -1.21. The predicted molar refractivity (Wildman–Crippen MR) is 95.5 cm³/mol. The first-order chi connectivity index (χ1) is 12.6. The number of hydrogen-bond donors (Lipinski definition) is 3. The van der Waals surface area contributed by atoms with Crippen molar-refractivity contribution < 1.29 is 29.7 Å². The number of carbonyl (C=O) groups excluding carboxylic acids is 3. The van der Waals surface area contributed by atoms with E-state index in [4.69, 9.17) is 0 Å². The Morgan fingerprint density at radius 2 is 1.96 bits per heavy atom. The number of carbonyl (C=O) groups is 3. The van der Waals surface area contributed by atoms with Crippen LogP contribution >= 0.6 is 0 Å². The van der Waals surface area contributed by atoms with Gasteiger partial charge in [0.25, 0.3) is 0 Å². The van der Waals surface area contributed by atoms with Crippen molar-refractivity contribution in [2.24, 2.45) is 28.6 Å². The van der Waals surface area contributed by atoms with Crippen LogP contribution in [-0.2, 0) is 14.4 Å². The van der Waals surface area contributed by atoms with Crippen LogP contribution in [0.2, 0.25) is 0 Å². The van der Waals surface area contributed by atoms with E-state index in [2.05, 4.69) is 0 Å². The Morgan fingerprint density at radius 3 is 2.63 bits per heavy atom. The quantitative estimate of drug-likeness (QED) is 0.662. The van der Waals surface area contributed by atoms with Gasteiger partial charge in [0.05, 0.1) is 6.10 Å². The summed E-state index contributed by atoms with van der Waals surface area (Å²) in [6, 6.07) is 0. The molecule has 6 nitrogen and oxygen atoms in total. The van der Waals surface area contributed by atoms with E-state index in [1.807, 2.05) is 6.92 Å². The predicted octanol–water partition coefficient (Wildman–Crippen LogP) is 0.961. The smallest absolute Gasteiger partial charge is 0.190 e. The van der Waals surface area contributed by atoms with Crippen LogP contribution in [0.4, 0.5) is 0 Å². The molecule has 0 aromatic carbocycles. The van der Waals surface area contributed by atoms with Crippen molar-refractivity contribution in [3.63, 3.8) is 0 Å². The highest BCUT2D eigenvalue weighted by Crippen LogP contribution is 2.66. The fourth-order valence-electron chi connectivity index (χ4n) is 7.01. The summed E-state index contributed by atoms with van der Waals surface area (Å²) in [4.78, 5) is 37.6. The van der Waals surface area contributed by atoms with Crippen molar-refractivity contribution in [3.8, 4) is 0 Å². The maximum absolute atomic E-state index is 13.4. The molecule has 4 rings (SSSR count). The van der Waals surface area contributed by atoms with E-state index in [9.17, 15) is 29.7 Å². The normalized spacial score (nSPS) is 49.1. The molecule has 27 heavy (non-hydrogen) atoms. The molecule has 3 fully saturated rings. The minimum atomic E-state index is -1.68. The molecule has 0 bridgehead atoms. The molecule has 148 valence electrons. The lowest BCUT2D eigenvalue weighted by Crippen LogP contribution is -2.62. The maximum Gasteiger partial charge on any atom is 0.190 e. The fraction of sp³-hybridized carbons (Fsp3) is 0.762. The molecule has 7 atom stereocenters. The fourth-order valence-corrected chi connectivity index (χ4v) is 7.01. The third kappa shape index (κ3) is 2.21. The van der Waals surface area contributed by atoms with Crippen LogP contribution in [0.15, 0.2) is 11.6 Å². The molecular weight excluding hydrogens is 348 g/mol. The molecule has 0 aliphatic heterocycles. The third-order valence-corrected chi connectivity index (χ3v) is 8.53. The van der Waals surface area contributed by atoms with E-state index >= 15 is 0 Å². The van der Waals surface area contributed by atoms with Crippen molar-refractivity contribution in [2.45, 2.75) is 64.1 Å². The van der Waals surface area contributed by atoms with E-state index in [1.54, 1.807) is 13.0 Å². The number of aliphatic hydroxyl groups excluding tert-OH is 2. The zero-order chi connectivity index (χ0) is 19.8. The second kappa shape index (κ2) is 5.82. The molecule has 3 saturated carbocycles. The van der Waals surface area contributed by atoms with Crippen LogP contribution in [0.1, 0.15) is 52.4 Å². The topological polar surface area (TPSA) is 112 Å². The average Bonchev–Trinajstić information content (AvgIpc) is 2.87. The molecule has 0 saturated heterocycles. The van der Waals surface area contributed by atoms with Gasteiger partial charge in [0.15, 0.2) is 11.6 Å². The molecule has 4 aliphatic rings. The van der Waals surface area contributed by atoms with Crippen molar-refractivity contribution >= 4 is 17.3 Å². The van der Waals surface area contributed by atoms with Crippen LogP contribution in [0.25, 0.3) is 0 Å². The van der Waals surface area contributed by atoms with E-state index in [-0.39, 0.29) is 42.7 Å². The van der Waals surface area contributed by atoms with Crippen LogP contribution in [0.3, 0.4) is 0 Å². The van der Waals surface area contributed by atoms with Crippen molar-refractivity contribution in [3.05, 3.63) is 11.6 Å². The Hall–Kier alpha value is -1.37. The van der Waals surface area contributed by atoms with Gasteiger partial charge in [0.2, 0.25) is 0 Å². The van der Waals surface area contributed by atoms with E-state index < -0.39 is 40.8 Å². The van der Waals surface area contributed by atoms with Crippen molar-refractivity contribution in [1.29, 1.82) is 0 Å². The Labute approximate surface area is 158 Å². The van der Waals surface area contributed by atoms with Gasteiger partial charge >= 0.3 is 0 Å². The van der Waals surface area contributed by atoms with Gasteiger partial charge in [0, 0.05) is 29.6 Å².